The first kappa shape index (κ1) is 13.5. The van der Waals surface area contributed by atoms with Crippen molar-refractivity contribution in [3.05, 3.63) is 29.8 Å². The molecule has 0 aliphatic rings. The van der Waals surface area contributed by atoms with E-state index in [9.17, 15) is 4.79 Å². The lowest BCUT2D eigenvalue weighted by Gasteiger charge is -2.16. The van der Waals surface area contributed by atoms with Crippen molar-refractivity contribution in [3.63, 3.8) is 0 Å². The third kappa shape index (κ3) is 4.05. The summed E-state index contributed by atoms with van der Waals surface area (Å²) in [5.41, 5.74) is 0.775. The number of ether oxygens (including phenoxy) is 2. The van der Waals surface area contributed by atoms with Crippen molar-refractivity contribution in [2.75, 3.05) is 20.3 Å². The highest BCUT2D eigenvalue weighted by Crippen LogP contribution is 2.19. The number of carboxylic acid groups (broad SMARTS) is 1. The Balaban J connectivity index is 2.80. The minimum Gasteiger partial charge on any atom is -0.478 e. The van der Waals surface area contributed by atoms with Crippen LogP contribution in [0.3, 0.4) is 0 Å². The zero-order valence-electron chi connectivity index (χ0n) is 9.63. The Kier molecular flexibility index (Phi) is 5.45. The van der Waals surface area contributed by atoms with Crippen LogP contribution in [-0.2, 0) is 16.0 Å². The summed E-state index contributed by atoms with van der Waals surface area (Å²) in [6, 6.07) is 7.03. The van der Waals surface area contributed by atoms with Crippen molar-refractivity contribution in [1.82, 2.24) is 0 Å². The van der Waals surface area contributed by atoms with Gasteiger partial charge in [0, 0.05) is 13.7 Å². The molecule has 1 aromatic carbocycles. The normalized spacial score (nSPS) is 12.1. The summed E-state index contributed by atoms with van der Waals surface area (Å²) in [4.78, 5) is 10.9. The van der Waals surface area contributed by atoms with Gasteiger partial charge in [-0.05, 0) is 18.1 Å². The van der Waals surface area contributed by atoms with Crippen molar-refractivity contribution in [3.8, 4) is 5.75 Å². The number of aliphatic hydroxyl groups is 1. The fraction of sp³-hybridized carbons (Fsp3) is 0.417. The number of carbonyl (C=O) groups is 1. The minimum absolute atomic E-state index is 0.0115. The Bertz CT molecular complexity index is 364. The maximum Gasteiger partial charge on any atom is 0.347 e. The van der Waals surface area contributed by atoms with Gasteiger partial charge in [0.15, 0.2) is 0 Å². The summed E-state index contributed by atoms with van der Waals surface area (Å²) < 4.78 is 10.1. The highest BCUT2D eigenvalue weighted by molar-refractivity contribution is 5.73. The van der Waals surface area contributed by atoms with E-state index in [-0.39, 0.29) is 13.2 Å². The molecule has 5 heteroatoms. The summed E-state index contributed by atoms with van der Waals surface area (Å²) in [6.45, 7) is -0.0365. The second-order valence-corrected chi connectivity index (χ2v) is 3.48. The van der Waals surface area contributed by atoms with Gasteiger partial charge in [0.25, 0.3) is 0 Å². The predicted molar refractivity (Wildman–Crippen MR) is 61.2 cm³/mol. The Morgan fingerprint density at radius 1 is 1.41 bits per heavy atom. The van der Waals surface area contributed by atoms with Crippen molar-refractivity contribution in [1.29, 1.82) is 0 Å². The van der Waals surface area contributed by atoms with E-state index in [2.05, 4.69) is 0 Å². The zero-order chi connectivity index (χ0) is 12.7. The summed E-state index contributed by atoms with van der Waals surface area (Å²) in [5, 5.41) is 17.8. The number of carboxylic acids is 1. The molecule has 0 aliphatic carbocycles. The Labute approximate surface area is 99.6 Å². The van der Waals surface area contributed by atoms with Crippen LogP contribution in [0.2, 0.25) is 0 Å². The van der Waals surface area contributed by atoms with E-state index in [0.717, 1.165) is 5.56 Å². The van der Waals surface area contributed by atoms with Gasteiger partial charge < -0.3 is 19.7 Å². The molecule has 0 heterocycles. The molecule has 1 atom stereocenters. The molecule has 0 aliphatic heterocycles. The van der Waals surface area contributed by atoms with Crippen LogP contribution in [0.15, 0.2) is 24.3 Å². The smallest absolute Gasteiger partial charge is 0.347 e. The summed E-state index contributed by atoms with van der Waals surface area (Å²) >= 11 is 0. The first-order valence-electron chi connectivity index (χ1n) is 5.26. The van der Waals surface area contributed by atoms with Gasteiger partial charge in [0.05, 0.1) is 6.61 Å². The molecule has 17 heavy (non-hydrogen) atoms. The molecule has 0 amide bonds. The molecular weight excluding hydrogens is 224 g/mol. The highest BCUT2D eigenvalue weighted by atomic mass is 16.5. The molecule has 2 N–H and O–H groups in total. The number of hydrogen-bond acceptors (Lipinski definition) is 4. The number of rotatable bonds is 7. The maximum atomic E-state index is 10.9. The van der Waals surface area contributed by atoms with Gasteiger partial charge in [-0.3, -0.25) is 0 Å². The number of para-hydroxylation sites is 1. The lowest BCUT2D eigenvalue weighted by atomic mass is 10.1. The van der Waals surface area contributed by atoms with E-state index < -0.39 is 12.1 Å². The van der Waals surface area contributed by atoms with Crippen LogP contribution >= 0.6 is 0 Å². The standard InChI is InChI=1S/C12H16O5/c1-16-8-11(12(14)15)17-10-5-3-2-4-9(10)6-7-13/h2-5,11,13H,6-8H2,1H3,(H,14,15). The van der Waals surface area contributed by atoms with Crippen molar-refractivity contribution in [2.45, 2.75) is 12.5 Å². The molecule has 0 saturated heterocycles. The van der Waals surface area contributed by atoms with Gasteiger partial charge in [-0.1, -0.05) is 18.2 Å². The van der Waals surface area contributed by atoms with Crippen molar-refractivity contribution in [2.24, 2.45) is 0 Å². The van der Waals surface area contributed by atoms with Crippen LogP contribution in [0.4, 0.5) is 0 Å². The molecule has 5 nitrogen and oxygen atoms in total. The molecule has 0 aromatic heterocycles. The monoisotopic (exact) mass is 240 g/mol. The number of methoxy groups -OCH3 is 1. The van der Waals surface area contributed by atoms with Crippen molar-refractivity contribution >= 4 is 5.97 Å². The number of benzene rings is 1. The minimum atomic E-state index is -1.08. The van der Waals surface area contributed by atoms with E-state index in [4.69, 9.17) is 19.7 Å². The summed E-state index contributed by atoms with van der Waals surface area (Å²) in [5.74, 6) is -0.614. The Morgan fingerprint density at radius 3 is 2.71 bits per heavy atom. The second kappa shape index (κ2) is 6.88. The van der Waals surface area contributed by atoms with E-state index in [0.29, 0.717) is 12.2 Å². The molecule has 1 unspecified atom stereocenters. The summed E-state index contributed by atoms with van der Waals surface area (Å²) in [6.07, 6.45) is -0.616. The van der Waals surface area contributed by atoms with Crippen LogP contribution < -0.4 is 4.74 Å². The predicted octanol–water partition coefficient (Wildman–Crippen LogP) is 0.700. The lowest BCUT2D eigenvalue weighted by molar-refractivity contribution is -0.147. The molecule has 0 bridgehead atoms. The SMILES string of the molecule is COCC(Oc1ccccc1CCO)C(=O)O. The lowest BCUT2D eigenvalue weighted by Crippen LogP contribution is -2.31. The average molecular weight is 240 g/mol. The quantitative estimate of drug-likeness (QED) is 0.733. The van der Waals surface area contributed by atoms with E-state index in [1.165, 1.54) is 7.11 Å². The van der Waals surface area contributed by atoms with Crippen LogP contribution in [0.1, 0.15) is 5.56 Å². The molecule has 0 fully saturated rings. The number of aliphatic hydroxyl groups excluding tert-OH is 1. The van der Waals surface area contributed by atoms with Crippen LogP contribution in [0.5, 0.6) is 5.75 Å². The molecule has 0 spiro atoms. The molecular formula is C12H16O5. The van der Waals surface area contributed by atoms with E-state index >= 15 is 0 Å². The third-order valence-corrected chi connectivity index (χ3v) is 2.22. The molecule has 94 valence electrons. The Morgan fingerprint density at radius 2 is 2.12 bits per heavy atom. The molecule has 0 saturated carbocycles. The molecule has 0 radical (unpaired) electrons. The summed E-state index contributed by atoms with van der Waals surface area (Å²) in [7, 11) is 1.42. The van der Waals surface area contributed by atoms with Gasteiger partial charge in [-0.25, -0.2) is 4.79 Å². The average Bonchev–Trinajstić information content (AvgIpc) is 2.31. The first-order valence-corrected chi connectivity index (χ1v) is 5.26. The molecule has 1 rings (SSSR count). The Hall–Kier alpha value is -1.59. The fourth-order valence-electron chi connectivity index (χ4n) is 1.41. The van der Waals surface area contributed by atoms with Gasteiger partial charge in [0.2, 0.25) is 6.10 Å². The van der Waals surface area contributed by atoms with E-state index in [1.54, 1.807) is 18.2 Å². The van der Waals surface area contributed by atoms with Crippen molar-refractivity contribution < 1.29 is 24.5 Å². The third-order valence-electron chi connectivity index (χ3n) is 2.22. The van der Waals surface area contributed by atoms with Crippen LogP contribution in [-0.4, -0.2) is 42.6 Å². The largest absolute Gasteiger partial charge is 0.478 e. The number of hydrogen-bond donors (Lipinski definition) is 2. The van der Waals surface area contributed by atoms with Crippen LogP contribution in [0.25, 0.3) is 0 Å². The van der Waals surface area contributed by atoms with Gasteiger partial charge >= 0.3 is 5.97 Å². The van der Waals surface area contributed by atoms with Gasteiger partial charge in [-0.2, -0.15) is 0 Å². The maximum absolute atomic E-state index is 10.9. The molecule has 1 aromatic rings. The topological polar surface area (TPSA) is 76.0 Å². The number of aliphatic carboxylic acids is 1. The van der Waals surface area contributed by atoms with Crippen LogP contribution in [0, 0.1) is 0 Å². The zero-order valence-corrected chi connectivity index (χ0v) is 9.63. The first-order chi connectivity index (χ1) is 8.19. The van der Waals surface area contributed by atoms with Gasteiger partial charge in [-0.15, -0.1) is 0 Å². The van der Waals surface area contributed by atoms with E-state index in [1.807, 2.05) is 6.07 Å². The van der Waals surface area contributed by atoms with Gasteiger partial charge in [0.1, 0.15) is 5.75 Å². The highest BCUT2D eigenvalue weighted by Gasteiger charge is 2.20. The second-order valence-electron chi connectivity index (χ2n) is 3.48. The fourth-order valence-corrected chi connectivity index (χ4v) is 1.41.